The molecule has 164 valence electrons. The number of aromatic nitrogens is 1. The van der Waals surface area contributed by atoms with Crippen LogP contribution in [0.25, 0.3) is 0 Å². The van der Waals surface area contributed by atoms with Gasteiger partial charge in [0.1, 0.15) is 5.41 Å². The van der Waals surface area contributed by atoms with Crippen molar-refractivity contribution >= 4 is 23.2 Å². The molecule has 3 N–H and O–H groups in total. The molecule has 2 saturated heterocycles. The maximum Gasteiger partial charge on any atom is 0.238 e. The van der Waals surface area contributed by atoms with E-state index in [1.54, 1.807) is 6.20 Å². The molecule has 31 heavy (non-hydrogen) atoms. The summed E-state index contributed by atoms with van der Waals surface area (Å²) in [5.74, 6) is -0.504. The van der Waals surface area contributed by atoms with Gasteiger partial charge in [-0.2, -0.15) is 0 Å². The number of nitrogens with zero attached hydrogens (tertiary/aromatic N) is 3. The number of benzene rings is 1. The summed E-state index contributed by atoms with van der Waals surface area (Å²) in [5.41, 5.74) is 7.42. The average Bonchev–Trinajstić information content (AvgIpc) is 2.80. The number of carbonyl (C=O) groups excluding carboxylic acids is 2. The monoisotopic (exact) mass is 423 g/mol. The number of anilines is 2. The van der Waals surface area contributed by atoms with Gasteiger partial charge >= 0.3 is 0 Å². The number of nitrogens with one attached hydrogen (secondary N) is 1. The van der Waals surface area contributed by atoms with E-state index in [9.17, 15) is 9.59 Å². The van der Waals surface area contributed by atoms with Gasteiger partial charge in [0.2, 0.25) is 11.8 Å². The van der Waals surface area contributed by atoms with Crippen LogP contribution >= 0.6 is 0 Å². The van der Waals surface area contributed by atoms with E-state index < -0.39 is 11.3 Å². The van der Waals surface area contributed by atoms with Crippen LogP contribution in [-0.2, 0) is 19.7 Å². The number of pyridine rings is 1. The molecule has 1 aromatic carbocycles. The predicted octanol–water partition coefficient (Wildman–Crippen LogP) is 1.38. The third-order valence-corrected chi connectivity index (χ3v) is 6.10. The second-order valence-electron chi connectivity index (χ2n) is 8.14. The zero-order valence-corrected chi connectivity index (χ0v) is 17.6. The molecule has 0 bridgehead atoms. The number of likely N-dealkylation sites (tertiary alicyclic amines) is 1. The SMILES string of the molecule is NC(=O)C1(c2ccccn2)CCCN(CC(=O)Nc2ccccc2N2CCOCC2)C1. The molecule has 2 amide bonds. The van der Waals surface area contributed by atoms with Crippen LogP contribution in [0.3, 0.4) is 0 Å². The number of para-hydroxylation sites is 2. The first-order chi connectivity index (χ1) is 15.1. The Labute approximate surface area is 182 Å². The van der Waals surface area contributed by atoms with E-state index in [0.29, 0.717) is 31.9 Å². The van der Waals surface area contributed by atoms with Crippen molar-refractivity contribution in [2.24, 2.45) is 5.73 Å². The summed E-state index contributed by atoms with van der Waals surface area (Å²) >= 11 is 0. The quantitative estimate of drug-likeness (QED) is 0.728. The summed E-state index contributed by atoms with van der Waals surface area (Å²) in [5, 5.41) is 3.06. The zero-order chi connectivity index (χ0) is 21.7. The molecule has 2 fully saturated rings. The molecule has 0 saturated carbocycles. The number of carbonyl (C=O) groups is 2. The van der Waals surface area contributed by atoms with Gasteiger partial charge in [-0.25, -0.2) is 0 Å². The first-order valence-electron chi connectivity index (χ1n) is 10.7. The van der Waals surface area contributed by atoms with Crippen molar-refractivity contribution in [3.05, 3.63) is 54.4 Å². The van der Waals surface area contributed by atoms with E-state index in [2.05, 4.69) is 15.2 Å². The minimum Gasteiger partial charge on any atom is -0.378 e. The number of piperidine rings is 1. The summed E-state index contributed by atoms with van der Waals surface area (Å²) < 4.78 is 5.44. The Kier molecular flexibility index (Phi) is 6.48. The number of ether oxygens (including phenoxy) is 1. The van der Waals surface area contributed by atoms with Gasteiger partial charge in [0.05, 0.1) is 36.8 Å². The van der Waals surface area contributed by atoms with Crippen molar-refractivity contribution < 1.29 is 14.3 Å². The van der Waals surface area contributed by atoms with Crippen LogP contribution in [0.2, 0.25) is 0 Å². The van der Waals surface area contributed by atoms with E-state index in [0.717, 1.165) is 37.4 Å². The number of morpholine rings is 1. The van der Waals surface area contributed by atoms with E-state index in [4.69, 9.17) is 10.5 Å². The van der Waals surface area contributed by atoms with E-state index in [1.807, 2.05) is 47.4 Å². The molecule has 3 heterocycles. The standard InChI is InChI=1S/C23H29N5O3/c24-22(30)23(20-8-3-4-10-25-20)9-5-11-27(17-23)16-21(29)26-18-6-1-2-7-19(18)28-12-14-31-15-13-28/h1-4,6-8,10H,5,9,11-17H2,(H2,24,30)(H,26,29). The van der Waals surface area contributed by atoms with Gasteiger partial charge in [-0.05, 0) is 43.7 Å². The summed E-state index contributed by atoms with van der Waals surface area (Å²) in [6, 6.07) is 13.3. The van der Waals surface area contributed by atoms with Gasteiger partial charge in [0.15, 0.2) is 0 Å². The Balaban J connectivity index is 1.45. The number of hydrogen-bond donors (Lipinski definition) is 2. The molecule has 8 heteroatoms. The Bertz CT molecular complexity index is 916. The highest BCUT2D eigenvalue weighted by Crippen LogP contribution is 2.33. The zero-order valence-electron chi connectivity index (χ0n) is 17.6. The van der Waals surface area contributed by atoms with Crippen LogP contribution in [-0.4, -0.2) is 67.6 Å². The fourth-order valence-corrected chi connectivity index (χ4v) is 4.51. The van der Waals surface area contributed by atoms with Gasteiger partial charge < -0.3 is 20.7 Å². The van der Waals surface area contributed by atoms with Crippen LogP contribution in [0.1, 0.15) is 18.5 Å². The topological polar surface area (TPSA) is 101 Å². The number of amides is 2. The van der Waals surface area contributed by atoms with Gasteiger partial charge in [0, 0.05) is 25.8 Å². The average molecular weight is 424 g/mol. The summed E-state index contributed by atoms with van der Waals surface area (Å²) in [6.07, 6.45) is 3.09. The number of primary amides is 1. The van der Waals surface area contributed by atoms with Crippen LogP contribution in [0, 0.1) is 0 Å². The minimum atomic E-state index is -0.870. The van der Waals surface area contributed by atoms with Gasteiger partial charge in [-0.1, -0.05) is 18.2 Å². The molecule has 1 aromatic heterocycles. The fourth-order valence-electron chi connectivity index (χ4n) is 4.51. The highest BCUT2D eigenvalue weighted by molar-refractivity contribution is 5.95. The highest BCUT2D eigenvalue weighted by Gasteiger charge is 2.43. The Morgan fingerprint density at radius 1 is 1.10 bits per heavy atom. The van der Waals surface area contributed by atoms with E-state index >= 15 is 0 Å². The van der Waals surface area contributed by atoms with Crippen molar-refractivity contribution in [2.75, 3.05) is 56.2 Å². The highest BCUT2D eigenvalue weighted by atomic mass is 16.5. The lowest BCUT2D eigenvalue weighted by Crippen LogP contribution is -2.55. The maximum atomic E-state index is 12.9. The summed E-state index contributed by atoms with van der Waals surface area (Å²) in [4.78, 5) is 34.0. The Morgan fingerprint density at radius 3 is 2.61 bits per heavy atom. The van der Waals surface area contributed by atoms with Gasteiger partial charge in [-0.3, -0.25) is 19.5 Å². The van der Waals surface area contributed by atoms with Crippen molar-refractivity contribution in [3.63, 3.8) is 0 Å². The Morgan fingerprint density at radius 2 is 1.87 bits per heavy atom. The normalized spacial score (nSPS) is 22.1. The predicted molar refractivity (Wildman–Crippen MR) is 119 cm³/mol. The number of nitrogens with two attached hydrogens (primary N) is 1. The molecule has 4 rings (SSSR count). The second kappa shape index (κ2) is 9.45. The van der Waals surface area contributed by atoms with Crippen LogP contribution < -0.4 is 16.0 Å². The second-order valence-corrected chi connectivity index (χ2v) is 8.14. The first kappa shape index (κ1) is 21.3. The molecule has 8 nitrogen and oxygen atoms in total. The first-order valence-corrected chi connectivity index (χ1v) is 10.7. The smallest absolute Gasteiger partial charge is 0.238 e. The Hall–Kier alpha value is -2.97. The van der Waals surface area contributed by atoms with Crippen molar-refractivity contribution in [1.82, 2.24) is 9.88 Å². The number of hydrogen-bond acceptors (Lipinski definition) is 6. The van der Waals surface area contributed by atoms with Crippen LogP contribution in [0.5, 0.6) is 0 Å². The van der Waals surface area contributed by atoms with Crippen LogP contribution in [0.4, 0.5) is 11.4 Å². The summed E-state index contributed by atoms with van der Waals surface area (Å²) in [7, 11) is 0. The fraction of sp³-hybridized carbons (Fsp3) is 0.435. The van der Waals surface area contributed by atoms with Crippen molar-refractivity contribution in [2.45, 2.75) is 18.3 Å². The molecule has 2 aliphatic heterocycles. The molecule has 0 radical (unpaired) electrons. The molecule has 2 aromatic rings. The van der Waals surface area contributed by atoms with Crippen LogP contribution in [0.15, 0.2) is 48.7 Å². The largest absolute Gasteiger partial charge is 0.378 e. The molecular weight excluding hydrogens is 394 g/mol. The van der Waals surface area contributed by atoms with Gasteiger partial charge in [-0.15, -0.1) is 0 Å². The number of rotatable bonds is 6. The van der Waals surface area contributed by atoms with Gasteiger partial charge in [0.25, 0.3) is 0 Å². The van der Waals surface area contributed by atoms with Crippen molar-refractivity contribution in [3.8, 4) is 0 Å². The third-order valence-electron chi connectivity index (χ3n) is 6.10. The minimum absolute atomic E-state index is 0.109. The molecule has 0 aliphatic carbocycles. The summed E-state index contributed by atoms with van der Waals surface area (Å²) in [6.45, 7) is 4.27. The lowest BCUT2D eigenvalue weighted by atomic mass is 9.76. The lowest BCUT2D eigenvalue weighted by Gasteiger charge is -2.40. The lowest BCUT2D eigenvalue weighted by molar-refractivity contribution is -0.127. The molecule has 1 atom stereocenters. The van der Waals surface area contributed by atoms with E-state index in [-0.39, 0.29) is 12.5 Å². The maximum absolute atomic E-state index is 12.9. The van der Waals surface area contributed by atoms with E-state index in [1.165, 1.54) is 0 Å². The van der Waals surface area contributed by atoms with Crippen molar-refractivity contribution in [1.29, 1.82) is 0 Å². The molecule has 2 aliphatic rings. The molecule has 0 spiro atoms. The molecular formula is C23H29N5O3. The molecule has 1 unspecified atom stereocenters. The third kappa shape index (κ3) is 4.70.